The van der Waals surface area contributed by atoms with Crippen LogP contribution in [0.4, 0.5) is 13.2 Å². The van der Waals surface area contributed by atoms with E-state index in [1.165, 1.54) is 64.2 Å². The van der Waals surface area contributed by atoms with E-state index < -0.39 is 65.2 Å². The van der Waals surface area contributed by atoms with Crippen LogP contribution in [0.3, 0.4) is 0 Å². The molecule has 0 amide bonds. The van der Waals surface area contributed by atoms with E-state index in [4.69, 9.17) is 13.0 Å². The standard InChI is InChI=1S/2C5H10.6C4H10O3P.CHF3O3S.2Co.4H2O.2Ru/c2*1-2-4-5-3-1;6*1-3-6-8(5)7-4-2;2-1(3,4)8(5,6)7;;;;;;;;/h2*1-5H2;6*3-4H2,1-2H3;(H,5,6,7);;;4*1H2;;/q;;6*+1;;;;;;;;;. The van der Waals surface area contributed by atoms with Gasteiger partial charge in [-0.15, -0.1) is 54.3 Å². The Balaban J connectivity index is -0.0000000403. The molecule has 2 radical (unpaired) electrons. The second kappa shape index (κ2) is 94.2. The Hall–Kier alpha value is 1.92. The van der Waals surface area contributed by atoms with Gasteiger partial charge in [0, 0.05) is 99.9 Å². The maximum atomic E-state index is 10.7. The molecule has 0 spiro atoms. The molecule has 0 aromatic rings. The molecule has 464 valence electrons. The second-order valence-corrected chi connectivity index (χ2v) is 18.0. The zero-order chi connectivity index (χ0) is 52.5. The molecule has 0 saturated heterocycles. The molecule has 0 aromatic heterocycles. The van der Waals surface area contributed by atoms with Crippen LogP contribution in [0.25, 0.3) is 0 Å². The van der Waals surface area contributed by atoms with Crippen LogP contribution in [0, 0.1) is 0 Å². The van der Waals surface area contributed by atoms with Gasteiger partial charge in [0.05, 0.1) is 0 Å². The van der Waals surface area contributed by atoms with Gasteiger partial charge in [-0.1, -0.05) is 64.2 Å². The van der Waals surface area contributed by atoms with Crippen molar-refractivity contribution in [3.05, 3.63) is 0 Å². The minimum absolute atomic E-state index is 0. The van der Waals surface area contributed by atoms with E-state index in [9.17, 15) is 40.6 Å². The van der Waals surface area contributed by atoms with E-state index in [0.29, 0.717) is 79.3 Å². The van der Waals surface area contributed by atoms with E-state index in [-0.39, 0.29) is 94.4 Å². The molecule has 25 nitrogen and oxygen atoms in total. The molecular weight excluding hydrogens is 1420 g/mol. The fraction of sp³-hybridized carbons (Fsp3) is 1.00. The smallest absolute Gasteiger partial charge is 0.412 e. The van der Waals surface area contributed by atoms with Crippen molar-refractivity contribution in [3.8, 4) is 0 Å². The summed E-state index contributed by atoms with van der Waals surface area (Å²) in [6.45, 7) is 26.5. The maximum absolute atomic E-state index is 10.7. The van der Waals surface area contributed by atoms with Crippen molar-refractivity contribution in [2.75, 3.05) is 79.3 Å². The first-order valence-electron chi connectivity index (χ1n) is 21.5. The molecule has 2 rings (SSSR count). The van der Waals surface area contributed by atoms with Crippen molar-refractivity contribution < 1.29 is 202 Å². The summed E-state index contributed by atoms with van der Waals surface area (Å²) < 4.78 is 174. The monoisotopic (exact) mass is 1510 g/mol. The molecule has 0 bridgehead atoms. The Morgan fingerprint density at radius 1 is 0.324 bits per heavy atom. The van der Waals surface area contributed by atoms with Crippen molar-refractivity contribution in [1.82, 2.24) is 0 Å². The molecule has 9 N–H and O–H groups in total. The van der Waals surface area contributed by atoms with Gasteiger partial charge in [-0.05, 0) is 83.1 Å². The van der Waals surface area contributed by atoms with Gasteiger partial charge in [0.2, 0.25) is 0 Å². The number of rotatable bonds is 24. The minimum Gasteiger partial charge on any atom is -0.412 e. The summed E-state index contributed by atoms with van der Waals surface area (Å²) in [7, 11) is -16.8. The van der Waals surface area contributed by atoms with Crippen LogP contribution < -0.4 is 0 Å². The normalized spacial score (nSPS) is 10.8. The Bertz CT molecular complexity index is 1030. The van der Waals surface area contributed by atoms with Crippen LogP contribution in [0.2, 0.25) is 0 Å². The topological polar surface area (TPSA) is 394 Å². The molecule has 2 aliphatic carbocycles. The third-order valence-electron chi connectivity index (χ3n) is 5.61. The quantitative estimate of drug-likeness (QED) is 0.0406. The second-order valence-electron chi connectivity index (χ2n) is 10.8. The zero-order valence-electron chi connectivity index (χ0n) is 44.3. The summed E-state index contributed by atoms with van der Waals surface area (Å²) >= 11 is 0. The summed E-state index contributed by atoms with van der Waals surface area (Å²) in [6, 6.07) is 0. The molecule has 0 aromatic carbocycles. The summed E-state index contributed by atoms with van der Waals surface area (Å²) in [5.74, 6) is 0. The number of hydrogen-bond donors (Lipinski definition) is 1. The summed E-state index contributed by atoms with van der Waals surface area (Å²) in [5.41, 5.74) is -5.53. The van der Waals surface area contributed by atoms with Gasteiger partial charge in [-0.3, -0.25) is 4.55 Å². The van der Waals surface area contributed by atoms with Crippen molar-refractivity contribution >= 4 is 59.6 Å². The predicted octanol–water partition coefficient (Wildman–Crippen LogP) is 11.3. The van der Waals surface area contributed by atoms with Gasteiger partial charge < -0.3 is 21.9 Å². The minimum atomic E-state index is -5.84. The molecule has 2 saturated carbocycles. The first-order chi connectivity index (χ1) is 31.1. The third-order valence-corrected chi connectivity index (χ3v) is 11.8. The third kappa shape index (κ3) is 121. The summed E-state index contributed by atoms with van der Waals surface area (Å²) in [4.78, 5) is 0. The molecule has 0 aliphatic heterocycles. The average Bonchev–Trinajstić information content (AvgIpc) is 4.02. The van der Waals surface area contributed by atoms with Crippen molar-refractivity contribution in [1.29, 1.82) is 0 Å². The van der Waals surface area contributed by atoms with Crippen molar-refractivity contribution in [2.45, 2.75) is 153 Å². The molecule has 39 heteroatoms. The average molecular weight is 1500 g/mol. The first kappa shape index (κ1) is 115. The molecule has 74 heavy (non-hydrogen) atoms. The molecule has 2 aliphatic rings. The Kier molecular flexibility index (Phi) is 146. The van der Waals surface area contributed by atoms with Crippen LogP contribution in [0.1, 0.15) is 147 Å². The number of alkyl halides is 3. The summed E-state index contributed by atoms with van der Waals surface area (Å²) in [5, 5.41) is 0. The maximum Gasteiger partial charge on any atom is 0.697 e. The largest absolute Gasteiger partial charge is 0.697 e. The first-order valence-corrected chi connectivity index (χ1v) is 29.5. The molecule has 0 atom stereocenters. The van der Waals surface area contributed by atoms with E-state index in [1.807, 2.05) is 0 Å². The molecule has 2 fully saturated rings. The Labute approximate surface area is 490 Å². The van der Waals surface area contributed by atoms with E-state index in [0.717, 1.165) is 0 Å². The Morgan fingerprint density at radius 2 is 0.392 bits per heavy atom. The molecule has 0 heterocycles. The fourth-order valence-electron chi connectivity index (χ4n) is 3.26. The van der Waals surface area contributed by atoms with E-state index >= 15 is 0 Å². The van der Waals surface area contributed by atoms with Gasteiger partial charge >= 0.3 is 65.2 Å². The van der Waals surface area contributed by atoms with Crippen LogP contribution in [0.5, 0.6) is 0 Å². The van der Waals surface area contributed by atoms with Gasteiger partial charge in [-0.25, -0.2) is 0 Å². The SMILES string of the molecule is C1CCCC1.C1CCCC1.CCO[P+](=O)OCC.CCO[P+](=O)OCC.CCO[P+](=O)OCC.CCO[P+](=O)OCC.CCO[P+](=O)OCC.CCO[P+](=O)OCC.O.O.O.O.O=S(=O)(O)C(F)(F)F.[Co].[Co].[Ru].[Ru]. The van der Waals surface area contributed by atoms with Gasteiger partial charge in [-0.2, -0.15) is 21.6 Å². The fourth-order valence-corrected chi connectivity index (χ4v) is 6.23. The van der Waals surface area contributed by atoms with Crippen LogP contribution in [0.15, 0.2) is 0 Å². The van der Waals surface area contributed by atoms with Crippen LogP contribution in [-0.4, -0.2) is 120 Å². The van der Waals surface area contributed by atoms with Crippen LogP contribution in [-0.2, 0) is 164 Å². The van der Waals surface area contributed by atoms with E-state index in [2.05, 4.69) is 54.3 Å². The van der Waals surface area contributed by atoms with Gasteiger partial charge in [0.25, 0.3) is 0 Å². The van der Waals surface area contributed by atoms with Gasteiger partial charge in [0.15, 0.2) is 0 Å². The summed E-state index contributed by atoms with van der Waals surface area (Å²) in [6.07, 6.45) is 15.0. The van der Waals surface area contributed by atoms with E-state index in [1.54, 1.807) is 83.1 Å². The predicted molar refractivity (Wildman–Crippen MR) is 263 cm³/mol. The van der Waals surface area contributed by atoms with Gasteiger partial charge in [0.1, 0.15) is 79.3 Å². The van der Waals surface area contributed by atoms with Crippen LogP contribution >= 0.6 is 49.5 Å². The Morgan fingerprint density at radius 3 is 0.432 bits per heavy atom. The number of hydrogen-bond acceptors (Lipinski definition) is 20. The number of halogens is 3. The zero-order valence-corrected chi connectivity index (χ0v) is 56.0. The van der Waals surface area contributed by atoms with Crippen molar-refractivity contribution in [2.24, 2.45) is 0 Å². The molecule has 0 unspecified atom stereocenters. The van der Waals surface area contributed by atoms with Crippen molar-refractivity contribution in [3.63, 3.8) is 0 Å². The molecular formula is C35H89Co2F3O25P6Ru2S+6.